The Kier molecular flexibility index (Phi) is 2.29. The molecule has 2 heterocycles. The molecule has 1 aliphatic rings. The Morgan fingerprint density at radius 2 is 2.06 bits per heavy atom. The number of aromatic nitrogens is 1. The monoisotopic (exact) mass is 212 g/mol. The van der Waals surface area contributed by atoms with Crippen LogP contribution in [-0.2, 0) is 13.0 Å². The highest BCUT2D eigenvalue weighted by atomic mass is 15.0. The minimum atomic E-state index is 1.01. The van der Waals surface area contributed by atoms with E-state index in [0.717, 1.165) is 19.5 Å². The topological polar surface area (TPSA) is 17.0 Å². The van der Waals surface area contributed by atoms with E-state index in [2.05, 4.69) is 53.3 Å². The highest BCUT2D eigenvalue weighted by Gasteiger charge is 2.14. The summed E-state index contributed by atoms with van der Waals surface area (Å²) in [4.78, 5) is 0. The number of nitrogens with zero attached hydrogens (tertiary/aromatic N) is 1. The lowest BCUT2D eigenvalue weighted by Crippen LogP contribution is -2.24. The fourth-order valence-electron chi connectivity index (χ4n) is 2.44. The van der Waals surface area contributed by atoms with Gasteiger partial charge in [0.15, 0.2) is 0 Å². The molecular weight excluding hydrogens is 196 g/mol. The Hall–Kier alpha value is -1.54. The molecule has 2 nitrogen and oxygen atoms in total. The smallest absolute Gasteiger partial charge is 0.0481 e. The van der Waals surface area contributed by atoms with Gasteiger partial charge in [-0.1, -0.05) is 18.2 Å². The molecule has 0 fully saturated rings. The minimum Gasteiger partial charge on any atom is -0.320 e. The quantitative estimate of drug-likeness (QED) is 0.768. The minimum absolute atomic E-state index is 1.01. The van der Waals surface area contributed by atoms with Crippen molar-refractivity contribution in [1.82, 2.24) is 9.88 Å². The molecule has 0 spiro atoms. The summed E-state index contributed by atoms with van der Waals surface area (Å²) in [5, 5.41) is 3.41. The van der Waals surface area contributed by atoms with Crippen molar-refractivity contribution in [1.29, 1.82) is 0 Å². The maximum atomic E-state index is 3.41. The molecule has 3 rings (SSSR count). The Balaban J connectivity index is 2.13. The summed E-state index contributed by atoms with van der Waals surface area (Å²) in [5.74, 6) is 0. The molecule has 1 aromatic heterocycles. The Bertz CT molecular complexity index is 511. The first-order valence-electron chi connectivity index (χ1n) is 5.82. The van der Waals surface area contributed by atoms with E-state index in [1.54, 1.807) is 0 Å². The Morgan fingerprint density at radius 3 is 2.94 bits per heavy atom. The van der Waals surface area contributed by atoms with Crippen LogP contribution in [0.2, 0.25) is 0 Å². The van der Waals surface area contributed by atoms with Gasteiger partial charge in [0.05, 0.1) is 0 Å². The van der Waals surface area contributed by atoms with Gasteiger partial charge in [0.1, 0.15) is 0 Å². The molecule has 0 amide bonds. The second-order valence-corrected chi connectivity index (χ2v) is 4.37. The van der Waals surface area contributed by atoms with Crippen molar-refractivity contribution >= 4 is 0 Å². The van der Waals surface area contributed by atoms with Gasteiger partial charge < -0.3 is 9.88 Å². The van der Waals surface area contributed by atoms with Crippen molar-refractivity contribution in [3.8, 4) is 5.69 Å². The number of aryl methyl sites for hydroxylation is 1. The molecule has 1 aliphatic heterocycles. The molecule has 16 heavy (non-hydrogen) atoms. The predicted octanol–water partition coefficient (Wildman–Crippen LogP) is 2.43. The van der Waals surface area contributed by atoms with Crippen molar-refractivity contribution in [3.63, 3.8) is 0 Å². The maximum Gasteiger partial charge on any atom is 0.0481 e. The summed E-state index contributed by atoms with van der Waals surface area (Å²) in [6, 6.07) is 10.8. The van der Waals surface area contributed by atoms with E-state index in [1.807, 2.05) is 0 Å². The molecule has 2 aromatic rings. The summed E-state index contributed by atoms with van der Waals surface area (Å²) < 4.78 is 2.34. The highest BCUT2D eigenvalue weighted by molar-refractivity contribution is 5.44. The molecular formula is C14H16N2. The van der Waals surface area contributed by atoms with Gasteiger partial charge in [0.25, 0.3) is 0 Å². The van der Waals surface area contributed by atoms with Crippen molar-refractivity contribution in [2.45, 2.75) is 19.9 Å². The first kappa shape index (κ1) is 9.67. The number of para-hydroxylation sites is 1. The van der Waals surface area contributed by atoms with Crippen molar-refractivity contribution in [3.05, 3.63) is 53.3 Å². The van der Waals surface area contributed by atoms with Gasteiger partial charge in [-0.25, -0.2) is 0 Å². The lowest BCUT2D eigenvalue weighted by molar-refractivity contribution is 0.628. The lowest BCUT2D eigenvalue weighted by atomic mass is 10.1. The van der Waals surface area contributed by atoms with E-state index in [4.69, 9.17) is 0 Å². The fourth-order valence-corrected chi connectivity index (χ4v) is 2.44. The first-order chi connectivity index (χ1) is 7.86. The summed E-state index contributed by atoms with van der Waals surface area (Å²) >= 11 is 0. The number of rotatable bonds is 1. The zero-order chi connectivity index (χ0) is 11.0. The van der Waals surface area contributed by atoms with Crippen LogP contribution in [0.15, 0.2) is 36.5 Å². The summed E-state index contributed by atoms with van der Waals surface area (Å²) in [6.45, 7) is 4.26. The largest absolute Gasteiger partial charge is 0.320 e. The number of benzene rings is 1. The average molecular weight is 212 g/mol. The van der Waals surface area contributed by atoms with Gasteiger partial charge in [0, 0.05) is 37.1 Å². The predicted molar refractivity (Wildman–Crippen MR) is 65.9 cm³/mol. The SMILES string of the molecule is Cc1ccccc1-n1ccc2c1CCNC2. The van der Waals surface area contributed by atoms with Gasteiger partial charge in [-0.15, -0.1) is 0 Å². The van der Waals surface area contributed by atoms with Gasteiger partial charge in [-0.3, -0.25) is 0 Å². The zero-order valence-corrected chi connectivity index (χ0v) is 9.53. The van der Waals surface area contributed by atoms with Crippen LogP contribution in [0.3, 0.4) is 0 Å². The van der Waals surface area contributed by atoms with Gasteiger partial charge in [-0.05, 0) is 30.2 Å². The number of hydrogen-bond acceptors (Lipinski definition) is 1. The normalized spacial score (nSPS) is 14.8. The fraction of sp³-hybridized carbons (Fsp3) is 0.286. The lowest BCUT2D eigenvalue weighted by Gasteiger charge is -2.17. The van der Waals surface area contributed by atoms with Gasteiger partial charge in [-0.2, -0.15) is 0 Å². The molecule has 82 valence electrons. The van der Waals surface area contributed by atoms with Crippen LogP contribution in [0.4, 0.5) is 0 Å². The third kappa shape index (κ3) is 1.46. The van der Waals surface area contributed by atoms with Crippen LogP contribution in [-0.4, -0.2) is 11.1 Å². The standard InChI is InChI=1S/C14H16N2/c1-11-4-2-3-5-13(11)16-9-7-12-10-15-8-6-14(12)16/h2-5,7,9,15H,6,8,10H2,1H3. The molecule has 0 bridgehead atoms. The number of nitrogens with one attached hydrogen (secondary N) is 1. The second kappa shape index (κ2) is 3.80. The van der Waals surface area contributed by atoms with Gasteiger partial charge in [0.2, 0.25) is 0 Å². The van der Waals surface area contributed by atoms with Crippen LogP contribution >= 0.6 is 0 Å². The third-order valence-corrected chi connectivity index (χ3v) is 3.32. The van der Waals surface area contributed by atoms with E-state index < -0.39 is 0 Å². The van der Waals surface area contributed by atoms with Crippen LogP contribution in [0.5, 0.6) is 0 Å². The average Bonchev–Trinajstić information content (AvgIpc) is 2.74. The number of hydrogen-bond donors (Lipinski definition) is 1. The van der Waals surface area contributed by atoms with Gasteiger partial charge >= 0.3 is 0 Å². The molecule has 0 saturated heterocycles. The maximum absolute atomic E-state index is 3.41. The summed E-state index contributed by atoms with van der Waals surface area (Å²) in [6.07, 6.45) is 3.32. The molecule has 2 heteroatoms. The van der Waals surface area contributed by atoms with Crippen molar-refractivity contribution < 1.29 is 0 Å². The molecule has 0 saturated carbocycles. The second-order valence-electron chi connectivity index (χ2n) is 4.37. The van der Waals surface area contributed by atoms with Crippen LogP contribution in [0, 0.1) is 6.92 Å². The van der Waals surface area contributed by atoms with E-state index >= 15 is 0 Å². The highest BCUT2D eigenvalue weighted by Crippen LogP contribution is 2.22. The summed E-state index contributed by atoms with van der Waals surface area (Å²) in [7, 11) is 0. The van der Waals surface area contributed by atoms with E-state index in [1.165, 1.54) is 22.5 Å². The van der Waals surface area contributed by atoms with Crippen molar-refractivity contribution in [2.24, 2.45) is 0 Å². The van der Waals surface area contributed by atoms with E-state index in [-0.39, 0.29) is 0 Å². The van der Waals surface area contributed by atoms with Crippen LogP contribution in [0.25, 0.3) is 5.69 Å². The molecule has 1 aromatic carbocycles. The van der Waals surface area contributed by atoms with Crippen LogP contribution < -0.4 is 5.32 Å². The molecule has 0 radical (unpaired) electrons. The Morgan fingerprint density at radius 1 is 1.19 bits per heavy atom. The third-order valence-electron chi connectivity index (χ3n) is 3.32. The zero-order valence-electron chi connectivity index (χ0n) is 9.53. The van der Waals surface area contributed by atoms with Crippen LogP contribution in [0.1, 0.15) is 16.8 Å². The first-order valence-corrected chi connectivity index (χ1v) is 5.82. The molecule has 1 N–H and O–H groups in total. The van der Waals surface area contributed by atoms with E-state index in [0.29, 0.717) is 0 Å². The molecule has 0 unspecified atom stereocenters. The Labute approximate surface area is 95.9 Å². The van der Waals surface area contributed by atoms with E-state index in [9.17, 15) is 0 Å². The summed E-state index contributed by atoms with van der Waals surface area (Å²) in [5.41, 5.74) is 5.55. The molecule has 0 atom stereocenters. The van der Waals surface area contributed by atoms with Crippen molar-refractivity contribution in [2.75, 3.05) is 6.54 Å². The molecule has 0 aliphatic carbocycles. The number of fused-ring (bicyclic) bond motifs is 1.